The first-order chi connectivity index (χ1) is 6.27. The van der Waals surface area contributed by atoms with E-state index in [2.05, 4.69) is 9.97 Å². The average Bonchev–Trinajstić information content (AvgIpc) is 2.53. The summed E-state index contributed by atoms with van der Waals surface area (Å²) in [5.41, 5.74) is 1.81. The first-order valence-electron chi connectivity index (χ1n) is 3.89. The molecule has 2 heterocycles. The van der Waals surface area contributed by atoms with E-state index >= 15 is 0 Å². The molecular weight excluding hydrogens is 186 g/mol. The van der Waals surface area contributed by atoms with Gasteiger partial charge in [-0.2, -0.15) is 0 Å². The Labute approximate surface area is 81.0 Å². The molecule has 0 fully saturated rings. The molecule has 13 heavy (non-hydrogen) atoms. The molecule has 0 amide bonds. The van der Waals surface area contributed by atoms with E-state index in [0.717, 1.165) is 11.4 Å². The van der Waals surface area contributed by atoms with Crippen LogP contribution in [0.3, 0.4) is 0 Å². The van der Waals surface area contributed by atoms with Crippen molar-refractivity contribution in [2.45, 2.75) is 6.92 Å². The topological polar surface area (TPSA) is 30.7 Å². The van der Waals surface area contributed by atoms with E-state index in [-0.39, 0.29) is 0 Å². The molecule has 2 aromatic rings. The lowest BCUT2D eigenvalue weighted by molar-refractivity contribution is 1.04. The van der Waals surface area contributed by atoms with Crippen molar-refractivity contribution in [3.05, 3.63) is 41.7 Å². The third-order valence-electron chi connectivity index (χ3n) is 1.73. The smallest absolute Gasteiger partial charge is 0.152 e. The number of halogens is 1. The minimum absolute atomic E-state index is 0.486. The zero-order valence-electron chi connectivity index (χ0n) is 7.11. The number of aromatic nitrogens is 3. The molecule has 0 aliphatic heterocycles. The highest BCUT2D eigenvalue weighted by molar-refractivity contribution is 6.31. The van der Waals surface area contributed by atoms with Crippen molar-refractivity contribution in [3.63, 3.8) is 0 Å². The molecule has 2 rings (SSSR count). The molecule has 4 heteroatoms. The lowest BCUT2D eigenvalue weighted by Gasteiger charge is -2.01. The maximum Gasteiger partial charge on any atom is 0.152 e. The van der Waals surface area contributed by atoms with Gasteiger partial charge in [-0.15, -0.1) is 0 Å². The van der Waals surface area contributed by atoms with Gasteiger partial charge in [-0.05, 0) is 19.1 Å². The van der Waals surface area contributed by atoms with Gasteiger partial charge in [-0.3, -0.25) is 0 Å². The van der Waals surface area contributed by atoms with Crippen LogP contribution in [0.1, 0.15) is 5.69 Å². The second kappa shape index (κ2) is 3.18. The number of rotatable bonds is 1. The molecule has 2 aromatic heterocycles. The monoisotopic (exact) mass is 193 g/mol. The molecule has 0 atom stereocenters. The van der Waals surface area contributed by atoms with Crippen LogP contribution < -0.4 is 0 Å². The van der Waals surface area contributed by atoms with Gasteiger partial charge in [0.1, 0.15) is 0 Å². The second-order valence-electron chi connectivity index (χ2n) is 2.74. The van der Waals surface area contributed by atoms with Gasteiger partial charge in [0.15, 0.2) is 5.15 Å². The van der Waals surface area contributed by atoms with Gasteiger partial charge in [-0.1, -0.05) is 11.6 Å². The molecule has 0 saturated carbocycles. The van der Waals surface area contributed by atoms with E-state index < -0.39 is 0 Å². The number of aryl methyl sites for hydroxylation is 1. The average molecular weight is 194 g/mol. The van der Waals surface area contributed by atoms with Gasteiger partial charge < -0.3 is 4.57 Å². The fraction of sp³-hybridized carbons (Fsp3) is 0.111. The minimum Gasteiger partial charge on any atom is -0.303 e. The van der Waals surface area contributed by atoms with Crippen molar-refractivity contribution >= 4 is 11.6 Å². The Balaban J connectivity index is 2.52. The first-order valence-corrected chi connectivity index (χ1v) is 4.26. The summed E-state index contributed by atoms with van der Waals surface area (Å²) in [6.07, 6.45) is 5.29. The third kappa shape index (κ3) is 1.55. The summed E-state index contributed by atoms with van der Waals surface area (Å²) >= 11 is 5.91. The molecule has 66 valence electrons. The van der Waals surface area contributed by atoms with E-state index in [1.165, 1.54) is 0 Å². The highest BCUT2D eigenvalue weighted by Crippen LogP contribution is 2.16. The molecule has 0 spiro atoms. The number of pyridine rings is 1. The van der Waals surface area contributed by atoms with Crippen LogP contribution in [-0.4, -0.2) is 14.5 Å². The summed E-state index contributed by atoms with van der Waals surface area (Å²) in [4.78, 5) is 8.09. The Morgan fingerprint density at radius 2 is 2.23 bits per heavy atom. The maximum absolute atomic E-state index is 5.91. The highest BCUT2D eigenvalue weighted by Gasteiger charge is 2.02. The SMILES string of the molecule is Cc1cn(-c2cccnc2Cl)cn1. The molecule has 0 aliphatic rings. The maximum atomic E-state index is 5.91. The normalized spacial score (nSPS) is 10.3. The van der Waals surface area contributed by atoms with Crippen LogP contribution in [0.2, 0.25) is 5.15 Å². The molecule has 0 aromatic carbocycles. The predicted octanol–water partition coefficient (Wildman–Crippen LogP) is 2.23. The highest BCUT2D eigenvalue weighted by atomic mass is 35.5. The van der Waals surface area contributed by atoms with Crippen LogP contribution in [0.5, 0.6) is 0 Å². The standard InChI is InChI=1S/C9H8ClN3/c1-7-5-13(6-12-7)8-3-2-4-11-9(8)10/h2-6H,1H3. The zero-order valence-corrected chi connectivity index (χ0v) is 7.86. The molecule has 0 unspecified atom stereocenters. The fourth-order valence-corrected chi connectivity index (χ4v) is 1.34. The Morgan fingerprint density at radius 3 is 2.85 bits per heavy atom. The van der Waals surface area contributed by atoms with Crippen LogP contribution in [0.4, 0.5) is 0 Å². The van der Waals surface area contributed by atoms with Crippen molar-refractivity contribution in [1.29, 1.82) is 0 Å². The second-order valence-corrected chi connectivity index (χ2v) is 3.09. The summed E-state index contributed by atoms with van der Waals surface area (Å²) in [5, 5.41) is 0.486. The van der Waals surface area contributed by atoms with E-state index in [1.807, 2.05) is 29.8 Å². The van der Waals surface area contributed by atoms with Gasteiger partial charge in [0, 0.05) is 12.4 Å². The largest absolute Gasteiger partial charge is 0.303 e. The van der Waals surface area contributed by atoms with Gasteiger partial charge in [0.2, 0.25) is 0 Å². The molecular formula is C9H8ClN3. The first kappa shape index (κ1) is 8.26. The van der Waals surface area contributed by atoms with Crippen LogP contribution >= 0.6 is 11.6 Å². The number of hydrogen-bond donors (Lipinski definition) is 0. The Hall–Kier alpha value is -1.35. The Kier molecular flexibility index (Phi) is 2.02. The summed E-state index contributed by atoms with van der Waals surface area (Å²) in [5.74, 6) is 0. The van der Waals surface area contributed by atoms with E-state index in [9.17, 15) is 0 Å². The Morgan fingerprint density at radius 1 is 1.38 bits per heavy atom. The molecule has 0 aliphatic carbocycles. The van der Waals surface area contributed by atoms with Crippen molar-refractivity contribution in [1.82, 2.24) is 14.5 Å². The fourth-order valence-electron chi connectivity index (χ4n) is 1.12. The van der Waals surface area contributed by atoms with Crippen molar-refractivity contribution in [3.8, 4) is 5.69 Å². The molecule has 0 bridgehead atoms. The number of imidazole rings is 1. The van der Waals surface area contributed by atoms with Crippen LogP contribution in [0.25, 0.3) is 5.69 Å². The quantitative estimate of drug-likeness (QED) is 0.651. The van der Waals surface area contributed by atoms with Crippen molar-refractivity contribution in [2.75, 3.05) is 0 Å². The lowest BCUT2D eigenvalue weighted by Crippen LogP contribution is -1.92. The van der Waals surface area contributed by atoms with Crippen LogP contribution in [0.15, 0.2) is 30.9 Å². The van der Waals surface area contributed by atoms with E-state index in [0.29, 0.717) is 5.15 Å². The summed E-state index contributed by atoms with van der Waals surface area (Å²) in [6.45, 7) is 1.93. The van der Waals surface area contributed by atoms with Crippen LogP contribution in [-0.2, 0) is 0 Å². The van der Waals surface area contributed by atoms with Gasteiger partial charge in [0.05, 0.1) is 17.7 Å². The van der Waals surface area contributed by atoms with Crippen LogP contribution in [0, 0.1) is 6.92 Å². The third-order valence-corrected chi connectivity index (χ3v) is 2.02. The number of nitrogens with zero attached hydrogens (tertiary/aromatic N) is 3. The van der Waals surface area contributed by atoms with E-state index in [4.69, 9.17) is 11.6 Å². The molecule has 0 saturated heterocycles. The van der Waals surface area contributed by atoms with Crippen molar-refractivity contribution in [2.24, 2.45) is 0 Å². The van der Waals surface area contributed by atoms with Gasteiger partial charge in [0.25, 0.3) is 0 Å². The van der Waals surface area contributed by atoms with E-state index in [1.54, 1.807) is 12.5 Å². The zero-order chi connectivity index (χ0) is 9.26. The Bertz CT molecular complexity index is 422. The lowest BCUT2D eigenvalue weighted by atomic mass is 10.4. The molecule has 0 N–H and O–H groups in total. The summed E-state index contributed by atoms with van der Waals surface area (Å²) < 4.78 is 1.85. The van der Waals surface area contributed by atoms with Crippen molar-refractivity contribution < 1.29 is 0 Å². The minimum atomic E-state index is 0.486. The molecule has 3 nitrogen and oxygen atoms in total. The predicted molar refractivity (Wildman–Crippen MR) is 51.1 cm³/mol. The molecule has 0 radical (unpaired) electrons. The van der Waals surface area contributed by atoms with Gasteiger partial charge in [-0.25, -0.2) is 9.97 Å². The van der Waals surface area contributed by atoms with Gasteiger partial charge >= 0.3 is 0 Å². The summed E-state index contributed by atoms with van der Waals surface area (Å²) in [6, 6.07) is 3.74. The summed E-state index contributed by atoms with van der Waals surface area (Å²) in [7, 11) is 0. The number of hydrogen-bond acceptors (Lipinski definition) is 2.